The molecule has 3 heterocycles. The van der Waals surface area contributed by atoms with Crippen LogP contribution in [0.4, 0.5) is 10.3 Å². The lowest BCUT2D eigenvalue weighted by atomic mass is 10.2. The van der Waals surface area contributed by atoms with Crippen molar-refractivity contribution in [3.8, 4) is 9.88 Å². The first kappa shape index (κ1) is 11.6. The minimum absolute atomic E-state index is 0.535. The first-order chi connectivity index (χ1) is 9.31. The van der Waals surface area contributed by atoms with Crippen molar-refractivity contribution >= 4 is 32.9 Å². The Labute approximate surface area is 119 Å². The van der Waals surface area contributed by atoms with Crippen molar-refractivity contribution in [3.05, 3.63) is 5.69 Å². The molecule has 7 heteroatoms. The lowest BCUT2D eigenvalue weighted by Crippen LogP contribution is -2.17. The molecule has 0 bridgehead atoms. The number of nitrogens with two attached hydrogens (primary N) is 1. The van der Waals surface area contributed by atoms with Gasteiger partial charge >= 0.3 is 0 Å². The van der Waals surface area contributed by atoms with E-state index in [1.54, 1.807) is 11.3 Å². The number of thiazole rings is 1. The summed E-state index contributed by atoms with van der Waals surface area (Å²) in [6.45, 7) is 2.27. The number of anilines is 2. The maximum Gasteiger partial charge on any atom is 0.203 e. The van der Waals surface area contributed by atoms with E-state index in [-0.39, 0.29) is 0 Å². The number of rotatable bonds is 3. The van der Waals surface area contributed by atoms with E-state index in [0.717, 1.165) is 23.2 Å². The normalized spacial score (nSPS) is 19.3. The summed E-state index contributed by atoms with van der Waals surface area (Å²) in [7, 11) is 0. The Bertz CT molecular complexity index is 595. The first-order valence-electron chi connectivity index (χ1n) is 6.66. The SMILES string of the molecule is Nc1nnc(-c2sc(N3CCCC3)nc2C2CC2)s1. The highest BCUT2D eigenvalue weighted by atomic mass is 32.1. The van der Waals surface area contributed by atoms with Gasteiger partial charge in [0.05, 0.1) is 10.6 Å². The molecular formula is C12H15N5S2. The first-order valence-corrected chi connectivity index (χ1v) is 8.29. The highest BCUT2D eigenvalue weighted by Gasteiger charge is 2.32. The molecule has 0 unspecified atom stereocenters. The molecular weight excluding hydrogens is 278 g/mol. The van der Waals surface area contributed by atoms with Crippen LogP contribution in [-0.4, -0.2) is 28.3 Å². The molecule has 5 nitrogen and oxygen atoms in total. The van der Waals surface area contributed by atoms with Crippen LogP contribution in [0.25, 0.3) is 9.88 Å². The van der Waals surface area contributed by atoms with Crippen LogP contribution in [0.1, 0.15) is 37.3 Å². The summed E-state index contributed by atoms with van der Waals surface area (Å²) in [5, 5.41) is 10.7. The molecule has 1 saturated heterocycles. The molecule has 0 aromatic carbocycles. The van der Waals surface area contributed by atoms with E-state index in [4.69, 9.17) is 10.7 Å². The van der Waals surface area contributed by atoms with E-state index in [9.17, 15) is 0 Å². The van der Waals surface area contributed by atoms with E-state index in [1.807, 2.05) is 0 Å². The van der Waals surface area contributed by atoms with Gasteiger partial charge in [-0.05, 0) is 25.7 Å². The topological polar surface area (TPSA) is 67.9 Å². The van der Waals surface area contributed by atoms with Crippen molar-refractivity contribution in [1.82, 2.24) is 15.2 Å². The van der Waals surface area contributed by atoms with Gasteiger partial charge < -0.3 is 10.6 Å². The molecule has 0 radical (unpaired) electrons. The molecule has 2 N–H and O–H groups in total. The summed E-state index contributed by atoms with van der Waals surface area (Å²) in [6, 6.07) is 0. The van der Waals surface area contributed by atoms with E-state index in [2.05, 4.69) is 15.1 Å². The van der Waals surface area contributed by atoms with Gasteiger partial charge in [-0.2, -0.15) is 0 Å². The molecule has 1 saturated carbocycles. The smallest absolute Gasteiger partial charge is 0.203 e. The molecule has 100 valence electrons. The van der Waals surface area contributed by atoms with E-state index >= 15 is 0 Å². The molecule has 2 aromatic heterocycles. The molecule has 2 aliphatic rings. The van der Waals surface area contributed by atoms with Crippen LogP contribution < -0.4 is 10.6 Å². The summed E-state index contributed by atoms with van der Waals surface area (Å²) >= 11 is 3.22. The van der Waals surface area contributed by atoms with Gasteiger partial charge in [0.2, 0.25) is 5.13 Å². The zero-order valence-corrected chi connectivity index (χ0v) is 12.1. The van der Waals surface area contributed by atoms with Gasteiger partial charge in [-0.1, -0.05) is 22.7 Å². The van der Waals surface area contributed by atoms with Gasteiger partial charge in [0.15, 0.2) is 10.1 Å². The third kappa shape index (κ3) is 2.10. The van der Waals surface area contributed by atoms with Crippen LogP contribution >= 0.6 is 22.7 Å². The zero-order valence-electron chi connectivity index (χ0n) is 10.5. The van der Waals surface area contributed by atoms with Crippen molar-refractivity contribution in [2.75, 3.05) is 23.7 Å². The predicted octanol–water partition coefficient (Wildman–Crippen LogP) is 2.72. The van der Waals surface area contributed by atoms with Gasteiger partial charge in [0, 0.05) is 19.0 Å². The predicted molar refractivity (Wildman–Crippen MR) is 78.9 cm³/mol. The Balaban J connectivity index is 1.75. The Hall–Kier alpha value is -1.21. The summed E-state index contributed by atoms with van der Waals surface area (Å²) < 4.78 is 0. The number of hydrogen-bond acceptors (Lipinski definition) is 7. The molecule has 1 aliphatic carbocycles. The van der Waals surface area contributed by atoms with Gasteiger partial charge in [-0.25, -0.2) is 4.98 Å². The molecule has 4 rings (SSSR count). The Morgan fingerprint density at radius 1 is 1.11 bits per heavy atom. The van der Waals surface area contributed by atoms with E-state index in [1.165, 1.54) is 47.6 Å². The fourth-order valence-electron chi connectivity index (χ4n) is 2.48. The van der Waals surface area contributed by atoms with Gasteiger partial charge in [-0.15, -0.1) is 10.2 Å². The van der Waals surface area contributed by atoms with E-state index < -0.39 is 0 Å². The van der Waals surface area contributed by atoms with Crippen molar-refractivity contribution in [2.24, 2.45) is 0 Å². The maximum absolute atomic E-state index is 5.71. The molecule has 0 amide bonds. The van der Waals surface area contributed by atoms with Crippen LogP contribution in [0.15, 0.2) is 0 Å². The Morgan fingerprint density at radius 2 is 1.89 bits per heavy atom. The molecule has 1 aliphatic heterocycles. The van der Waals surface area contributed by atoms with Crippen molar-refractivity contribution < 1.29 is 0 Å². The van der Waals surface area contributed by atoms with Crippen molar-refractivity contribution in [3.63, 3.8) is 0 Å². The van der Waals surface area contributed by atoms with Crippen LogP contribution in [0.5, 0.6) is 0 Å². The standard InChI is InChI=1S/C12H15N5S2/c13-11-16-15-10(19-11)9-8(7-3-4-7)14-12(18-9)17-5-1-2-6-17/h7H,1-6H2,(H2,13,16). The van der Waals surface area contributed by atoms with Gasteiger partial charge in [0.25, 0.3) is 0 Å². The molecule has 0 spiro atoms. The molecule has 19 heavy (non-hydrogen) atoms. The second-order valence-electron chi connectivity index (χ2n) is 5.12. The van der Waals surface area contributed by atoms with Crippen LogP contribution in [0.2, 0.25) is 0 Å². The third-order valence-corrected chi connectivity index (χ3v) is 5.66. The van der Waals surface area contributed by atoms with Gasteiger partial charge in [-0.3, -0.25) is 0 Å². The van der Waals surface area contributed by atoms with Crippen molar-refractivity contribution in [1.29, 1.82) is 0 Å². The minimum atomic E-state index is 0.535. The zero-order chi connectivity index (χ0) is 12.8. The van der Waals surface area contributed by atoms with E-state index in [0.29, 0.717) is 11.0 Å². The fraction of sp³-hybridized carbons (Fsp3) is 0.583. The summed E-state index contributed by atoms with van der Waals surface area (Å²) in [5.74, 6) is 0.632. The highest BCUT2D eigenvalue weighted by Crippen LogP contribution is 2.48. The van der Waals surface area contributed by atoms with Crippen LogP contribution in [-0.2, 0) is 0 Å². The second-order valence-corrected chi connectivity index (χ2v) is 7.11. The fourth-order valence-corrected chi connectivity index (χ4v) is 4.37. The van der Waals surface area contributed by atoms with Crippen molar-refractivity contribution in [2.45, 2.75) is 31.6 Å². The average molecular weight is 293 g/mol. The number of hydrogen-bond donors (Lipinski definition) is 1. The molecule has 2 aromatic rings. The summed E-state index contributed by atoms with van der Waals surface area (Å²) in [6.07, 6.45) is 5.06. The minimum Gasteiger partial charge on any atom is -0.374 e. The number of nitrogens with zero attached hydrogens (tertiary/aromatic N) is 4. The Morgan fingerprint density at radius 3 is 2.53 bits per heavy atom. The number of nitrogen functional groups attached to an aromatic ring is 1. The summed E-state index contributed by atoms with van der Waals surface area (Å²) in [4.78, 5) is 8.47. The molecule has 0 atom stereocenters. The second kappa shape index (κ2) is 4.42. The van der Waals surface area contributed by atoms with Crippen LogP contribution in [0, 0.1) is 0 Å². The largest absolute Gasteiger partial charge is 0.374 e. The maximum atomic E-state index is 5.71. The molecule has 2 fully saturated rings. The number of aromatic nitrogens is 3. The lowest BCUT2D eigenvalue weighted by molar-refractivity contribution is 0.938. The average Bonchev–Trinajstić information content (AvgIpc) is 2.87. The summed E-state index contributed by atoms with van der Waals surface area (Å²) in [5.41, 5.74) is 6.93. The van der Waals surface area contributed by atoms with Crippen LogP contribution in [0.3, 0.4) is 0 Å². The third-order valence-electron chi connectivity index (χ3n) is 3.62. The monoisotopic (exact) mass is 293 g/mol. The lowest BCUT2D eigenvalue weighted by Gasteiger charge is -2.12. The highest BCUT2D eigenvalue weighted by molar-refractivity contribution is 7.25. The van der Waals surface area contributed by atoms with Gasteiger partial charge in [0.1, 0.15) is 0 Å². The quantitative estimate of drug-likeness (QED) is 0.942. The Kier molecular flexibility index (Phi) is 2.70.